The molecule has 0 unspecified atom stereocenters. The van der Waals surface area contributed by atoms with Gasteiger partial charge < -0.3 is 10.6 Å². The number of benzene rings is 2. The van der Waals surface area contributed by atoms with Crippen molar-refractivity contribution in [2.45, 2.75) is 32.0 Å². The number of alkyl halides is 3. The molecule has 31 heavy (non-hydrogen) atoms. The van der Waals surface area contributed by atoms with E-state index in [4.69, 9.17) is 0 Å². The highest BCUT2D eigenvalue weighted by molar-refractivity contribution is 6.05. The number of hydrogen-bond acceptors (Lipinski definition) is 3. The molecule has 4 rings (SSSR count). The number of carbonyl (C=O) groups is 2. The Morgan fingerprint density at radius 2 is 1.81 bits per heavy atom. The van der Waals surface area contributed by atoms with E-state index in [2.05, 4.69) is 15.7 Å². The quantitative estimate of drug-likeness (QED) is 0.635. The molecule has 0 bridgehead atoms. The molecule has 0 aliphatic heterocycles. The molecule has 9 heteroatoms. The molecule has 2 N–H and O–H groups in total. The Balaban J connectivity index is 1.53. The minimum Gasteiger partial charge on any atom is -0.349 e. The second-order valence-electron chi connectivity index (χ2n) is 7.39. The van der Waals surface area contributed by atoms with Gasteiger partial charge in [0.05, 0.1) is 28.7 Å². The predicted molar refractivity (Wildman–Crippen MR) is 108 cm³/mol. The van der Waals surface area contributed by atoms with Crippen LogP contribution < -0.4 is 10.6 Å². The number of rotatable bonds is 5. The SMILES string of the molecule is Cc1c(C(=O)Nc2cccc(C(=O)NC3CC3)c2)cnn1-c1cccc(C(F)(F)F)c1. The summed E-state index contributed by atoms with van der Waals surface area (Å²) in [6.45, 7) is 1.60. The van der Waals surface area contributed by atoms with Gasteiger partial charge >= 0.3 is 6.18 Å². The second-order valence-corrected chi connectivity index (χ2v) is 7.39. The van der Waals surface area contributed by atoms with Crippen molar-refractivity contribution in [1.29, 1.82) is 0 Å². The molecule has 1 saturated carbocycles. The Kier molecular flexibility index (Phi) is 5.26. The third-order valence-electron chi connectivity index (χ3n) is 4.97. The number of nitrogens with one attached hydrogen (secondary N) is 2. The van der Waals surface area contributed by atoms with Crippen LogP contribution in [-0.2, 0) is 6.18 Å². The third-order valence-corrected chi connectivity index (χ3v) is 4.97. The molecule has 2 amide bonds. The van der Waals surface area contributed by atoms with E-state index in [-0.39, 0.29) is 23.2 Å². The summed E-state index contributed by atoms with van der Waals surface area (Å²) < 4.78 is 40.3. The summed E-state index contributed by atoms with van der Waals surface area (Å²) >= 11 is 0. The fourth-order valence-electron chi connectivity index (χ4n) is 3.14. The first-order valence-electron chi connectivity index (χ1n) is 9.67. The van der Waals surface area contributed by atoms with Gasteiger partial charge in [-0.05, 0) is 56.2 Å². The fraction of sp³-hybridized carbons (Fsp3) is 0.227. The second kappa shape index (κ2) is 7.90. The summed E-state index contributed by atoms with van der Waals surface area (Å²) in [7, 11) is 0. The van der Waals surface area contributed by atoms with Gasteiger partial charge in [0.2, 0.25) is 0 Å². The topological polar surface area (TPSA) is 76.0 Å². The molecule has 6 nitrogen and oxygen atoms in total. The smallest absolute Gasteiger partial charge is 0.349 e. The molecule has 0 atom stereocenters. The normalized spacial score (nSPS) is 13.7. The lowest BCUT2D eigenvalue weighted by atomic mass is 10.1. The third kappa shape index (κ3) is 4.60. The molecular weight excluding hydrogens is 409 g/mol. The molecule has 1 fully saturated rings. The van der Waals surface area contributed by atoms with Crippen LogP contribution in [0, 0.1) is 6.92 Å². The molecular formula is C22H19F3N4O2. The van der Waals surface area contributed by atoms with Gasteiger partial charge in [-0.25, -0.2) is 4.68 Å². The highest BCUT2D eigenvalue weighted by Crippen LogP contribution is 2.30. The Morgan fingerprint density at radius 3 is 2.52 bits per heavy atom. The van der Waals surface area contributed by atoms with Crippen LogP contribution in [0.15, 0.2) is 54.7 Å². The molecule has 1 aliphatic rings. The molecule has 3 aromatic rings. The summed E-state index contributed by atoms with van der Waals surface area (Å²) in [6.07, 6.45) is -1.24. The van der Waals surface area contributed by atoms with E-state index in [9.17, 15) is 22.8 Å². The van der Waals surface area contributed by atoms with Crippen LogP contribution in [0.25, 0.3) is 5.69 Å². The zero-order chi connectivity index (χ0) is 22.2. The molecule has 1 aromatic heterocycles. The lowest BCUT2D eigenvalue weighted by Crippen LogP contribution is -2.25. The van der Waals surface area contributed by atoms with Gasteiger partial charge in [-0.2, -0.15) is 18.3 Å². The van der Waals surface area contributed by atoms with Crippen molar-refractivity contribution in [2.75, 3.05) is 5.32 Å². The van der Waals surface area contributed by atoms with Gasteiger partial charge in [-0.3, -0.25) is 9.59 Å². The highest BCUT2D eigenvalue weighted by atomic mass is 19.4. The van der Waals surface area contributed by atoms with Gasteiger partial charge in [-0.15, -0.1) is 0 Å². The summed E-state index contributed by atoms with van der Waals surface area (Å²) in [5, 5.41) is 9.68. The molecule has 0 radical (unpaired) electrons. The first kappa shape index (κ1) is 20.6. The van der Waals surface area contributed by atoms with E-state index in [1.54, 1.807) is 31.2 Å². The maximum atomic E-state index is 13.0. The highest BCUT2D eigenvalue weighted by Gasteiger charge is 2.31. The van der Waals surface area contributed by atoms with Crippen LogP contribution >= 0.6 is 0 Å². The van der Waals surface area contributed by atoms with Crippen LogP contribution in [0.3, 0.4) is 0 Å². The lowest BCUT2D eigenvalue weighted by molar-refractivity contribution is -0.137. The van der Waals surface area contributed by atoms with Crippen LogP contribution in [0.4, 0.5) is 18.9 Å². The number of aromatic nitrogens is 2. The molecule has 1 aliphatic carbocycles. The summed E-state index contributed by atoms with van der Waals surface area (Å²) in [6, 6.07) is 11.5. The maximum absolute atomic E-state index is 13.0. The number of nitrogens with zero attached hydrogens (tertiary/aromatic N) is 2. The summed E-state index contributed by atoms with van der Waals surface area (Å²) in [5.41, 5.74) is 0.864. The fourth-order valence-corrected chi connectivity index (χ4v) is 3.14. The van der Waals surface area contributed by atoms with Crippen molar-refractivity contribution in [3.8, 4) is 5.69 Å². The average Bonchev–Trinajstić information content (AvgIpc) is 3.46. The van der Waals surface area contributed by atoms with Crippen molar-refractivity contribution in [3.63, 3.8) is 0 Å². The van der Waals surface area contributed by atoms with Gasteiger partial charge in [0.15, 0.2) is 0 Å². The van der Waals surface area contributed by atoms with Crippen molar-refractivity contribution in [1.82, 2.24) is 15.1 Å². The van der Waals surface area contributed by atoms with E-state index < -0.39 is 17.6 Å². The van der Waals surface area contributed by atoms with E-state index in [0.29, 0.717) is 16.9 Å². The zero-order valence-electron chi connectivity index (χ0n) is 16.5. The van der Waals surface area contributed by atoms with Gasteiger partial charge in [-0.1, -0.05) is 12.1 Å². The maximum Gasteiger partial charge on any atom is 0.416 e. The Labute approximate surface area is 176 Å². The number of amides is 2. The predicted octanol–water partition coefficient (Wildman–Crippen LogP) is 4.34. The van der Waals surface area contributed by atoms with Gasteiger partial charge in [0.25, 0.3) is 11.8 Å². The summed E-state index contributed by atoms with van der Waals surface area (Å²) in [5.74, 6) is -0.678. The minimum atomic E-state index is -4.48. The molecule has 2 aromatic carbocycles. The standard InChI is InChI=1S/C22H19F3N4O2/c1-13-19(12-26-29(13)18-7-3-5-15(11-18)22(23,24)25)21(31)28-17-6-2-4-14(10-17)20(30)27-16-8-9-16/h2-7,10-12,16H,8-9H2,1H3,(H,27,30)(H,28,31). The van der Waals surface area contributed by atoms with Crippen molar-refractivity contribution in [2.24, 2.45) is 0 Å². The minimum absolute atomic E-state index is 0.199. The molecule has 160 valence electrons. The first-order chi connectivity index (χ1) is 14.7. The van der Waals surface area contributed by atoms with E-state index in [0.717, 1.165) is 25.0 Å². The van der Waals surface area contributed by atoms with E-state index in [1.165, 1.54) is 23.0 Å². The van der Waals surface area contributed by atoms with Crippen LogP contribution in [-0.4, -0.2) is 27.6 Å². The Morgan fingerprint density at radius 1 is 1.06 bits per heavy atom. The number of halogens is 3. The van der Waals surface area contributed by atoms with Crippen LogP contribution in [0.5, 0.6) is 0 Å². The number of anilines is 1. The van der Waals surface area contributed by atoms with E-state index in [1.807, 2.05) is 0 Å². The van der Waals surface area contributed by atoms with Gasteiger partial charge in [0, 0.05) is 17.3 Å². The first-order valence-corrected chi connectivity index (χ1v) is 9.67. The Hall–Kier alpha value is -3.62. The van der Waals surface area contributed by atoms with Crippen molar-refractivity contribution < 1.29 is 22.8 Å². The average molecular weight is 428 g/mol. The molecule has 1 heterocycles. The summed E-state index contributed by atoms with van der Waals surface area (Å²) in [4.78, 5) is 24.9. The zero-order valence-corrected chi connectivity index (χ0v) is 16.5. The van der Waals surface area contributed by atoms with Crippen LogP contribution in [0.2, 0.25) is 0 Å². The number of hydrogen-bond donors (Lipinski definition) is 2. The monoisotopic (exact) mass is 428 g/mol. The molecule has 0 saturated heterocycles. The van der Waals surface area contributed by atoms with E-state index >= 15 is 0 Å². The van der Waals surface area contributed by atoms with Crippen LogP contribution in [0.1, 0.15) is 44.8 Å². The largest absolute Gasteiger partial charge is 0.416 e. The Bertz CT molecular complexity index is 1150. The van der Waals surface area contributed by atoms with Crippen molar-refractivity contribution >= 4 is 17.5 Å². The van der Waals surface area contributed by atoms with Crippen molar-refractivity contribution in [3.05, 3.63) is 77.1 Å². The van der Waals surface area contributed by atoms with Gasteiger partial charge in [0.1, 0.15) is 0 Å². The lowest BCUT2D eigenvalue weighted by Gasteiger charge is -2.10. The number of carbonyl (C=O) groups excluding carboxylic acids is 2. The molecule has 0 spiro atoms.